The third-order valence-corrected chi connectivity index (χ3v) is 1.79. The first-order valence-corrected chi connectivity index (χ1v) is 8.18. The monoisotopic (exact) mass is 376 g/mol. The van der Waals surface area contributed by atoms with Gasteiger partial charge in [-0.3, -0.25) is 0 Å². The molecule has 0 bridgehead atoms. The van der Waals surface area contributed by atoms with E-state index in [0.717, 1.165) is 0 Å². The molecule has 0 amide bonds. The van der Waals surface area contributed by atoms with E-state index in [4.69, 9.17) is 46.4 Å². The van der Waals surface area contributed by atoms with Gasteiger partial charge in [-0.2, -0.15) is 0 Å². The highest BCUT2D eigenvalue weighted by Gasteiger charge is 2.07. The van der Waals surface area contributed by atoms with Crippen LogP contribution in [0.2, 0.25) is 0 Å². The van der Waals surface area contributed by atoms with Gasteiger partial charge >= 0.3 is 0 Å². The summed E-state index contributed by atoms with van der Waals surface area (Å²) in [5.41, 5.74) is 0. The minimum Gasteiger partial charge on any atom is -0.109 e. The van der Waals surface area contributed by atoms with E-state index in [1.165, 1.54) is 0 Å². The third kappa shape index (κ3) is 27.7. The second-order valence-corrected chi connectivity index (χ2v) is 8.41. The number of alkyl halides is 4. The van der Waals surface area contributed by atoms with Crippen LogP contribution in [0.5, 0.6) is 0 Å². The highest BCUT2D eigenvalue weighted by atomic mass is 35.5. The maximum Gasteiger partial charge on any atom is 0.100 e. The maximum atomic E-state index is 5.81. The van der Waals surface area contributed by atoms with E-state index in [9.17, 15) is 0 Å². The molecule has 0 heterocycles. The van der Waals surface area contributed by atoms with Gasteiger partial charge in [0.2, 0.25) is 0 Å². The average molecular weight is 378 g/mol. The van der Waals surface area contributed by atoms with Crippen molar-refractivity contribution in [2.75, 3.05) is 0 Å². The van der Waals surface area contributed by atoms with Gasteiger partial charge < -0.3 is 0 Å². The lowest BCUT2D eigenvalue weighted by atomic mass is 10.2. The van der Waals surface area contributed by atoms with E-state index in [1.807, 2.05) is 27.7 Å². The molecule has 0 radical (unpaired) electrons. The summed E-state index contributed by atoms with van der Waals surface area (Å²) < 4.78 is 0. The first-order valence-electron chi connectivity index (χ1n) is 6.55. The molecule has 0 aromatic carbocycles. The van der Waals surface area contributed by atoms with Gasteiger partial charge in [0.15, 0.2) is 0 Å². The SMILES string of the molecule is CC(C)(Cl)C#CC#CC(C)(C)Cl.CC(Cl)C#CC#CC(C)Cl. The Bertz CT molecular complexity index is 502. The molecule has 0 aromatic rings. The summed E-state index contributed by atoms with van der Waals surface area (Å²) >= 11 is 22.7. The Labute approximate surface area is 155 Å². The summed E-state index contributed by atoms with van der Waals surface area (Å²) in [7, 11) is 0. The molecule has 0 aliphatic rings. The molecule has 0 aliphatic carbocycles. The van der Waals surface area contributed by atoms with Crippen molar-refractivity contribution in [1.29, 1.82) is 0 Å². The largest absolute Gasteiger partial charge is 0.109 e. The highest BCUT2D eigenvalue weighted by Crippen LogP contribution is 2.10. The van der Waals surface area contributed by atoms with Crippen LogP contribution >= 0.6 is 46.4 Å². The van der Waals surface area contributed by atoms with E-state index < -0.39 is 9.75 Å². The topological polar surface area (TPSA) is 0 Å². The van der Waals surface area contributed by atoms with Crippen LogP contribution in [0.15, 0.2) is 0 Å². The van der Waals surface area contributed by atoms with Crippen LogP contribution in [0.4, 0.5) is 0 Å². The Balaban J connectivity index is 0. The van der Waals surface area contributed by atoms with Crippen molar-refractivity contribution >= 4 is 46.4 Å². The second kappa shape index (κ2) is 11.9. The lowest BCUT2D eigenvalue weighted by molar-refractivity contribution is 0.915. The standard InChI is InChI=1S/C10H12Cl2.C8H8Cl2/c1-9(2,11)7-5-6-8-10(3,4)12;1-7(9)5-3-4-6-8(2)10/h1-4H3;7-8H,1-2H3. The molecule has 0 saturated carbocycles. The van der Waals surface area contributed by atoms with Crippen LogP contribution in [0.25, 0.3) is 0 Å². The quantitative estimate of drug-likeness (QED) is 0.398. The number of halogens is 4. The first kappa shape index (κ1) is 23.7. The van der Waals surface area contributed by atoms with Crippen molar-refractivity contribution in [3.8, 4) is 47.4 Å². The molecule has 4 heteroatoms. The molecule has 0 spiro atoms. The normalized spacial score (nSPS) is 12.1. The molecule has 0 N–H and O–H groups in total. The maximum absolute atomic E-state index is 5.81. The lowest BCUT2D eigenvalue weighted by Crippen LogP contribution is -2.05. The zero-order valence-corrected chi connectivity index (χ0v) is 16.7. The Hall–Kier alpha value is -0.600. The van der Waals surface area contributed by atoms with Crippen molar-refractivity contribution in [1.82, 2.24) is 0 Å². The van der Waals surface area contributed by atoms with Gasteiger partial charge in [-0.1, -0.05) is 23.7 Å². The minimum absolute atomic E-state index is 0.139. The number of hydrogen-bond donors (Lipinski definition) is 0. The van der Waals surface area contributed by atoms with Gasteiger partial charge in [0.05, 0.1) is 10.8 Å². The van der Waals surface area contributed by atoms with Crippen LogP contribution in [0, 0.1) is 47.4 Å². The summed E-state index contributed by atoms with van der Waals surface area (Å²) in [5.74, 6) is 21.4. The highest BCUT2D eigenvalue weighted by molar-refractivity contribution is 6.26. The molecule has 0 fully saturated rings. The van der Waals surface area contributed by atoms with E-state index >= 15 is 0 Å². The Morgan fingerprint density at radius 3 is 1.09 bits per heavy atom. The third-order valence-electron chi connectivity index (χ3n) is 1.39. The van der Waals surface area contributed by atoms with E-state index in [0.29, 0.717) is 0 Å². The van der Waals surface area contributed by atoms with E-state index in [-0.39, 0.29) is 10.8 Å². The summed E-state index contributed by atoms with van der Waals surface area (Å²) in [5, 5.41) is -0.278. The minimum atomic E-state index is -0.509. The first-order chi connectivity index (χ1) is 9.83. The van der Waals surface area contributed by atoms with Gasteiger partial charge in [0.1, 0.15) is 9.75 Å². The summed E-state index contributed by atoms with van der Waals surface area (Å²) in [4.78, 5) is -1.02. The summed E-state index contributed by atoms with van der Waals surface area (Å²) in [6.07, 6.45) is 0. The van der Waals surface area contributed by atoms with Crippen LogP contribution < -0.4 is 0 Å². The van der Waals surface area contributed by atoms with Crippen molar-refractivity contribution in [2.24, 2.45) is 0 Å². The fourth-order valence-electron chi connectivity index (χ4n) is 0.631. The van der Waals surface area contributed by atoms with Crippen molar-refractivity contribution < 1.29 is 0 Å². The molecule has 2 unspecified atom stereocenters. The zero-order chi connectivity index (χ0) is 17.8. The number of rotatable bonds is 0. The summed E-state index contributed by atoms with van der Waals surface area (Å²) in [6, 6.07) is 0. The average Bonchev–Trinajstić information content (AvgIpc) is 2.28. The fraction of sp³-hybridized carbons (Fsp3) is 0.556. The molecular weight excluding hydrogens is 358 g/mol. The predicted molar refractivity (Wildman–Crippen MR) is 102 cm³/mol. The van der Waals surface area contributed by atoms with Gasteiger partial charge in [0, 0.05) is 0 Å². The van der Waals surface area contributed by atoms with Gasteiger partial charge in [0.25, 0.3) is 0 Å². The zero-order valence-electron chi connectivity index (χ0n) is 13.7. The molecule has 120 valence electrons. The fourth-order valence-corrected chi connectivity index (χ4v) is 0.834. The van der Waals surface area contributed by atoms with Crippen LogP contribution in [0.3, 0.4) is 0 Å². The van der Waals surface area contributed by atoms with Crippen LogP contribution in [0.1, 0.15) is 41.5 Å². The molecular formula is C18H20Cl4. The van der Waals surface area contributed by atoms with Crippen molar-refractivity contribution in [2.45, 2.75) is 62.0 Å². The Morgan fingerprint density at radius 2 is 0.909 bits per heavy atom. The molecule has 0 saturated heterocycles. The Morgan fingerprint density at radius 1 is 0.636 bits per heavy atom. The van der Waals surface area contributed by atoms with Crippen molar-refractivity contribution in [3.05, 3.63) is 0 Å². The second-order valence-electron chi connectivity index (χ2n) is 5.22. The Kier molecular flexibility index (Phi) is 12.8. The smallest absolute Gasteiger partial charge is 0.100 e. The van der Waals surface area contributed by atoms with Gasteiger partial charge in [-0.25, -0.2) is 0 Å². The van der Waals surface area contributed by atoms with E-state index in [1.54, 1.807) is 13.8 Å². The molecule has 0 rings (SSSR count). The number of hydrogen-bond acceptors (Lipinski definition) is 0. The van der Waals surface area contributed by atoms with Crippen LogP contribution in [-0.4, -0.2) is 20.5 Å². The summed E-state index contributed by atoms with van der Waals surface area (Å²) in [6.45, 7) is 10.8. The predicted octanol–water partition coefficient (Wildman–Crippen LogP) is 5.28. The van der Waals surface area contributed by atoms with Crippen LogP contribution in [-0.2, 0) is 0 Å². The van der Waals surface area contributed by atoms with E-state index in [2.05, 4.69) is 47.4 Å². The molecule has 2 atom stereocenters. The molecule has 22 heavy (non-hydrogen) atoms. The van der Waals surface area contributed by atoms with Gasteiger partial charge in [-0.15, -0.1) is 46.4 Å². The van der Waals surface area contributed by atoms with Gasteiger partial charge in [-0.05, 0) is 65.2 Å². The molecule has 0 nitrogen and oxygen atoms in total. The molecule has 0 aromatic heterocycles. The lowest BCUT2D eigenvalue weighted by Gasteiger charge is -2.03. The van der Waals surface area contributed by atoms with Crippen molar-refractivity contribution in [3.63, 3.8) is 0 Å². The molecule has 0 aliphatic heterocycles.